The summed E-state index contributed by atoms with van der Waals surface area (Å²) in [5, 5.41) is 3.44. The van der Waals surface area contributed by atoms with Gasteiger partial charge in [0.05, 0.1) is 7.11 Å². The summed E-state index contributed by atoms with van der Waals surface area (Å²) in [6.07, 6.45) is 5.20. The van der Waals surface area contributed by atoms with Gasteiger partial charge in [-0.15, -0.1) is 0 Å². The van der Waals surface area contributed by atoms with Gasteiger partial charge in [-0.1, -0.05) is 38.3 Å². The second-order valence-corrected chi connectivity index (χ2v) is 5.57. The zero-order valence-electron chi connectivity index (χ0n) is 12.9. The minimum absolute atomic E-state index is 0.564. The highest BCUT2D eigenvalue weighted by Crippen LogP contribution is 2.28. The van der Waals surface area contributed by atoms with Crippen LogP contribution in [0.3, 0.4) is 0 Å². The Morgan fingerprint density at radius 1 is 1.15 bits per heavy atom. The molecule has 0 aromatic heterocycles. The average Bonchev–Trinajstić information content (AvgIpc) is 2.53. The molecule has 0 bridgehead atoms. The summed E-state index contributed by atoms with van der Waals surface area (Å²) in [6.45, 7) is 6.81. The van der Waals surface area contributed by atoms with Crippen molar-refractivity contribution in [2.45, 2.75) is 38.6 Å². The van der Waals surface area contributed by atoms with E-state index in [1.807, 2.05) is 0 Å². The summed E-state index contributed by atoms with van der Waals surface area (Å²) in [5.74, 6) is 0.946. The van der Waals surface area contributed by atoms with E-state index in [0.717, 1.165) is 31.9 Å². The van der Waals surface area contributed by atoms with Crippen LogP contribution in [-0.4, -0.2) is 38.2 Å². The zero-order chi connectivity index (χ0) is 14.2. The van der Waals surface area contributed by atoms with Gasteiger partial charge in [-0.3, -0.25) is 4.90 Å². The van der Waals surface area contributed by atoms with Crippen molar-refractivity contribution in [3.8, 4) is 5.75 Å². The van der Waals surface area contributed by atoms with Crippen molar-refractivity contribution >= 4 is 0 Å². The molecule has 0 amide bonds. The third-order valence-corrected chi connectivity index (χ3v) is 4.17. The lowest BCUT2D eigenvalue weighted by molar-refractivity contribution is 0.162. The third kappa shape index (κ3) is 4.22. The molecule has 1 atom stereocenters. The van der Waals surface area contributed by atoms with E-state index >= 15 is 0 Å². The second-order valence-electron chi connectivity index (χ2n) is 5.57. The number of rotatable bonds is 7. The second kappa shape index (κ2) is 8.28. The van der Waals surface area contributed by atoms with E-state index in [1.165, 1.54) is 31.2 Å². The molecule has 1 fully saturated rings. The van der Waals surface area contributed by atoms with Crippen LogP contribution in [0.1, 0.15) is 44.2 Å². The quantitative estimate of drug-likeness (QED) is 0.774. The number of nitrogens with one attached hydrogen (secondary N) is 1. The Morgan fingerprint density at radius 3 is 2.45 bits per heavy atom. The molecular formula is C17H28N2O. The minimum atomic E-state index is 0.564. The van der Waals surface area contributed by atoms with Gasteiger partial charge in [0.1, 0.15) is 5.75 Å². The summed E-state index contributed by atoms with van der Waals surface area (Å²) >= 11 is 0. The maximum absolute atomic E-state index is 5.27. The molecule has 1 aliphatic rings. The first-order valence-corrected chi connectivity index (χ1v) is 7.94. The number of ether oxygens (including phenoxy) is 1. The van der Waals surface area contributed by atoms with Gasteiger partial charge in [-0.05, 0) is 24.1 Å². The van der Waals surface area contributed by atoms with Gasteiger partial charge in [0.25, 0.3) is 0 Å². The maximum Gasteiger partial charge on any atom is 0.118 e. The Labute approximate surface area is 123 Å². The average molecular weight is 276 g/mol. The molecule has 20 heavy (non-hydrogen) atoms. The SMILES string of the molecule is CCCCC[C@H](c1ccc(OC)cc1)N1CCNCC1. The highest BCUT2D eigenvalue weighted by atomic mass is 16.5. The lowest BCUT2D eigenvalue weighted by Gasteiger charge is -2.35. The summed E-state index contributed by atoms with van der Waals surface area (Å²) in [6, 6.07) is 9.21. The smallest absolute Gasteiger partial charge is 0.118 e. The first-order chi connectivity index (χ1) is 9.85. The Kier molecular flexibility index (Phi) is 6.34. The molecule has 1 aliphatic heterocycles. The molecular weight excluding hydrogens is 248 g/mol. The molecule has 0 aliphatic carbocycles. The molecule has 2 rings (SSSR count). The number of hydrogen-bond acceptors (Lipinski definition) is 3. The van der Waals surface area contributed by atoms with Crippen molar-refractivity contribution in [2.75, 3.05) is 33.3 Å². The largest absolute Gasteiger partial charge is 0.497 e. The lowest BCUT2D eigenvalue weighted by atomic mass is 9.98. The van der Waals surface area contributed by atoms with Gasteiger partial charge in [0.2, 0.25) is 0 Å². The van der Waals surface area contributed by atoms with Crippen molar-refractivity contribution in [2.24, 2.45) is 0 Å². The fourth-order valence-electron chi connectivity index (χ4n) is 2.97. The number of benzene rings is 1. The van der Waals surface area contributed by atoms with Crippen molar-refractivity contribution < 1.29 is 4.74 Å². The van der Waals surface area contributed by atoms with Gasteiger partial charge in [-0.25, -0.2) is 0 Å². The van der Waals surface area contributed by atoms with Crippen LogP contribution in [0.2, 0.25) is 0 Å². The Bertz CT molecular complexity index is 371. The van der Waals surface area contributed by atoms with E-state index in [4.69, 9.17) is 4.74 Å². The monoisotopic (exact) mass is 276 g/mol. The molecule has 112 valence electrons. The highest BCUT2D eigenvalue weighted by Gasteiger charge is 2.21. The van der Waals surface area contributed by atoms with Crippen LogP contribution in [0.5, 0.6) is 5.75 Å². The van der Waals surface area contributed by atoms with Crippen molar-refractivity contribution in [3.05, 3.63) is 29.8 Å². The van der Waals surface area contributed by atoms with Crippen molar-refractivity contribution in [1.82, 2.24) is 10.2 Å². The van der Waals surface area contributed by atoms with E-state index < -0.39 is 0 Å². The molecule has 1 aromatic rings. The Morgan fingerprint density at radius 2 is 1.85 bits per heavy atom. The number of unbranched alkanes of at least 4 members (excludes halogenated alkanes) is 2. The van der Waals surface area contributed by atoms with Gasteiger partial charge in [0, 0.05) is 32.2 Å². The van der Waals surface area contributed by atoms with Crippen LogP contribution in [0.25, 0.3) is 0 Å². The number of nitrogens with zero attached hydrogens (tertiary/aromatic N) is 1. The van der Waals surface area contributed by atoms with Gasteiger partial charge >= 0.3 is 0 Å². The summed E-state index contributed by atoms with van der Waals surface area (Å²) in [7, 11) is 1.73. The molecule has 0 unspecified atom stereocenters. The number of hydrogen-bond donors (Lipinski definition) is 1. The van der Waals surface area contributed by atoms with Crippen molar-refractivity contribution in [3.63, 3.8) is 0 Å². The molecule has 3 heteroatoms. The van der Waals surface area contributed by atoms with Crippen LogP contribution < -0.4 is 10.1 Å². The van der Waals surface area contributed by atoms with Crippen LogP contribution in [0.4, 0.5) is 0 Å². The highest BCUT2D eigenvalue weighted by molar-refractivity contribution is 5.29. The minimum Gasteiger partial charge on any atom is -0.497 e. The first-order valence-electron chi connectivity index (χ1n) is 7.94. The molecule has 1 heterocycles. The molecule has 1 N–H and O–H groups in total. The maximum atomic E-state index is 5.27. The molecule has 0 saturated carbocycles. The molecule has 1 saturated heterocycles. The van der Waals surface area contributed by atoms with Crippen molar-refractivity contribution in [1.29, 1.82) is 0 Å². The Hall–Kier alpha value is -1.06. The van der Waals surface area contributed by atoms with Gasteiger partial charge in [-0.2, -0.15) is 0 Å². The summed E-state index contributed by atoms with van der Waals surface area (Å²) in [5.41, 5.74) is 1.43. The topological polar surface area (TPSA) is 24.5 Å². The van der Waals surface area contributed by atoms with Crippen LogP contribution in [0, 0.1) is 0 Å². The van der Waals surface area contributed by atoms with Gasteiger partial charge in [0.15, 0.2) is 0 Å². The number of methoxy groups -OCH3 is 1. The van der Waals surface area contributed by atoms with Gasteiger partial charge < -0.3 is 10.1 Å². The normalized spacial score (nSPS) is 17.9. The number of piperazine rings is 1. The van der Waals surface area contributed by atoms with Crippen LogP contribution in [0.15, 0.2) is 24.3 Å². The fourth-order valence-corrected chi connectivity index (χ4v) is 2.97. The standard InChI is InChI=1S/C17H28N2O/c1-3-4-5-6-17(19-13-11-18-12-14-19)15-7-9-16(20-2)10-8-15/h7-10,17-18H,3-6,11-14H2,1-2H3/t17-/m1/s1. The fraction of sp³-hybridized carbons (Fsp3) is 0.647. The van der Waals surface area contributed by atoms with E-state index in [9.17, 15) is 0 Å². The first kappa shape index (κ1) is 15.3. The molecule has 3 nitrogen and oxygen atoms in total. The summed E-state index contributed by atoms with van der Waals surface area (Å²) < 4.78 is 5.27. The third-order valence-electron chi connectivity index (χ3n) is 4.17. The predicted octanol–water partition coefficient (Wildman–Crippen LogP) is 3.22. The zero-order valence-corrected chi connectivity index (χ0v) is 12.9. The summed E-state index contributed by atoms with van der Waals surface area (Å²) in [4.78, 5) is 2.63. The molecule has 0 radical (unpaired) electrons. The Balaban J connectivity index is 2.06. The predicted molar refractivity (Wildman–Crippen MR) is 84.3 cm³/mol. The van der Waals surface area contributed by atoms with Crippen LogP contribution >= 0.6 is 0 Å². The van der Waals surface area contributed by atoms with E-state index in [2.05, 4.69) is 41.4 Å². The van der Waals surface area contributed by atoms with E-state index in [1.54, 1.807) is 7.11 Å². The van der Waals surface area contributed by atoms with E-state index in [0.29, 0.717) is 6.04 Å². The lowest BCUT2D eigenvalue weighted by Crippen LogP contribution is -2.45. The van der Waals surface area contributed by atoms with Crippen LogP contribution in [-0.2, 0) is 0 Å². The van der Waals surface area contributed by atoms with E-state index in [-0.39, 0.29) is 0 Å². The molecule has 0 spiro atoms. The molecule has 1 aromatic carbocycles.